The molecule has 0 aliphatic carbocycles. The van der Waals surface area contributed by atoms with Crippen molar-refractivity contribution < 1.29 is 27.5 Å². The summed E-state index contributed by atoms with van der Waals surface area (Å²) in [5, 5.41) is 4.14. The number of piperidine rings is 1. The molecule has 5 atom stereocenters. The van der Waals surface area contributed by atoms with Crippen molar-refractivity contribution in [3.8, 4) is 0 Å². The molecule has 3 heterocycles. The van der Waals surface area contributed by atoms with Crippen molar-refractivity contribution in [1.29, 1.82) is 0 Å². The van der Waals surface area contributed by atoms with Gasteiger partial charge in [0.05, 0.1) is 12.6 Å². The van der Waals surface area contributed by atoms with Crippen molar-refractivity contribution in [3.63, 3.8) is 0 Å². The number of hydrogen-bond acceptors (Lipinski definition) is 6. The van der Waals surface area contributed by atoms with Gasteiger partial charge in [0.2, 0.25) is 0 Å². The Morgan fingerprint density at radius 2 is 2.28 bits per heavy atom. The van der Waals surface area contributed by atoms with E-state index in [1.807, 2.05) is 0 Å². The molecule has 3 saturated heterocycles. The van der Waals surface area contributed by atoms with Gasteiger partial charge in [0.15, 0.2) is 0 Å². The molecule has 12 heteroatoms. The third kappa shape index (κ3) is 4.23. The fraction of sp³-hybridized carbons (Fsp3) is 0.846. The molecule has 2 bridgehead atoms. The maximum atomic E-state index is 12.3. The van der Waals surface area contributed by atoms with Crippen LogP contribution in [0.2, 0.25) is 0 Å². The first-order chi connectivity index (χ1) is 12.0. The van der Waals surface area contributed by atoms with E-state index in [-0.39, 0.29) is 18.6 Å². The Morgan fingerprint density at radius 3 is 2.96 bits per heavy atom. The molecule has 0 aromatic heterocycles. The largest absolute Gasteiger partial charge is 0.346 e. The van der Waals surface area contributed by atoms with Crippen LogP contribution in [0.4, 0.5) is 4.79 Å². The molecule has 0 aromatic rings. The topological polar surface area (TPSA) is 120 Å². The van der Waals surface area contributed by atoms with Gasteiger partial charge in [-0.25, -0.2) is 10.3 Å². The number of carbonyl (C=O) groups is 2. The molecule has 3 unspecified atom stereocenters. The van der Waals surface area contributed by atoms with Gasteiger partial charge in [0, 0.05) is 18.5 Å². The van der Waals surface area contributed by atoms with Gasteiger partial charge in [0.1, 0.15) is 6.04 Å². The lowest BCUT2D eigenvalue weighted by Crippen LogP contribution is -2.50. The van der Waals surface area contributed by atoms with Gasteiger partial charge < -0.3 is 10.2 Å². The summed E-state index contributed by atoms with van der Waals surface area (Å²) < 4.78 is 24.2. The molecule has 3 aliphatic heterocycles. The zero-order valence-electron chi connectivity index (χ0n) is 13.4. The number of alkyl halides is 1. The van der Waals surface area contributed by atoms with Gasteiger partial charge in [0.25, 0.3) is 5.91 Å². The molecule has 0 spiro atoms. The summed E-state index contributed by atoms with van der Waals surface area (Å²) in [5.74, 6) is 0.588. The molecule has 3 amide bonds. The smallest absolute Gasteiger partial charge is 0.311 e. The summed E-state index contributed by atoms with van der Waals surface area (Å²) in [6.45, 7) is 1.43. The minimum Gasteiger partial charge on any atom is -0.311 e. The van der Waals surface area contributed by atoms with Crippen LogP contribution in [0.5, 0.6) is 0 Å². The second kappa shape index (κ2) is 8.14. The molecule has 142 valence electrons. The first-order valence-corrected chi connectivity index (χ1v) is 9.66. The van der Waals surface area contributed by atoms with Crippen molar-refractivity contribution in [3.05, 3.63) is 0 Å². The average Bonchev–Trinajstić information content (AvgIpc) is 3.14. The number of carbonyl (C=O) groups excluding carboxylic acids is 2. The maximum Gasteiger partial charge on any atom is 0.346 e. The Hall–Kier alpha value is -0.980. The van der Waals surface area contributed by atoms with E-state index in [0.29, 0.717) is 31.2 Å². The highest BCUT2D eigenvalue weighted by molar-refractivity contribution is 7.74. The summed E-state index contributed by atoms with van der Waals surface area (Å²) in [6, 6.07) is -1.47. The third-order valence-corrected chi connectivity index (χ3v) is 5.48. The highest BCUT2D eigenvalue weighted by Crippen LogP contribution is 2.30. The Morgan fingerprint density at radius 1 is 1.48 bits per heavy atom. The summed E-state index contributed by atoms with van der Waals surface area (Å²) in [6.07, 6.45) is 1.82. The molecule has 0 saturated carbocycles. The van der Waals surface area contributed by atoms with Crippen LogP contribution in [0.15, 0.2) is 0 Å². The molecule has 25 heavy (non-hydrogen) atoms. The number of rotatable bonds is 7. The highest BCUT2D eigenvalue weighted by atomic mass is 35.5. The minimum atomic E-state index is -2.58. The zero-order valence-corrected chi connectivity index (χ0v) is 15.0. The Balaban J connectivity index is 1.47. The van der Waals surface area contributed by atoms with Crippen LogP contribution in [0.3, 0.4) is 0 Å². The quantitative estimate of drug-likeness (QED) is 0.304. The summed E-state index contributed by atoms with van der Waals surface area (Å²) in [5.41, 5.74) is 2.40. The van der Waals surface area contributed by atoms with Gasteiger partial charge in [-0.2, -0.15) is 9.27 Å². The Labute approximate surface area is 152 Å². The second-order valence-corrected chi connectivity index (χ2v) is 7.33. The van der Waals surface area contributed by atoms with E-state index in [1.165, 1.54) is 4.90 Å². The van der Waals surface area contributed by atoms with Crippen molar-refractivity contribution in [2.75, 3.05) is 25.6 Å². The van der Waals surface area contributed by atoms with Crippen LogP contribution < -0.4 is 10.8 Å². The van der Waals surface area contributed by atoms with Crippen LogP contribution >= 0.6 is 11.6 Å². The number of urea groups is 1. The van der Waals surface area contributed by atoms with Gasteiger partial charge in [-0.3, -0.25) is 14.2 Å². The lowest BCUT2D eigenvalue weighted by atomic mass is 10.0. The number of nitrogens with zero attached hydrogens (tertiary/aromatic N) is 2. The van der Waals surface area contributed by atoms with Crippen LogP contribution in [-0.4, -0.2) is 74.4 Å². The fourth-order valence-corrected chi connectivity index (χ4v) is 4.06. The molecule has 3 aliphatic rings. The van der Waals surface area contributed by atoms with E-state index in [2.05, 4.69) is 15.1 Å². The Kier molecular flexibility index (Phi) is 6.12. The Bertz CT molecular complexity index is 555. The third-order valence-electron chi connectivity index (χ3n) is 4.76. The molecule has 3 fully saturated rings. The number of amides is 3. The van der Waals surface area contributed by atoms with Crippen molar-refractivity contribution in [1.82, 2.24) is 20.8 Å². The molecule has 3 N–H and O–H groups in total. The SMILES string of the molecule is O=C(NOC[C@@H]1C[C@H](CCl)CN1)C1CCC2CN1C(=O)N2OS(=O)O. The van der Waals surface area contributed by atoms with Crippen molar-refractivity contribution >= 4 is 34.9 Å². The number of fused-ring (bicyclic) bond motifs is 2. The normalized spacial score (nSPS) is 33.0. The van der Waals surface area contributed by atoms with Gasteiger partial charge in [-0.15, -0.1) is 15.9 Å². The second-order valence-electron chi connectivity index (χ2n) is 6.44. The monoisotopic (exact) mass is 396 g/mol. The summed E-state index contributed by atoms with van der Waals surface area (Å²) in [4.78, 5) is 31.2. The van der Waals surface area contributed by atoms with Gasteiger partial charge >= 0.3 is 17.4 Å². The van der Waals surface area contributed by atoms with Gasteiger partial charge in [-0.1, -0.05) is 0 Å². The van der Waals surface area contributed by atoms with Crippen LogP contribution in [-0.2, 0) is 25.3 Å². The van der Waals surface area contributed by atoms with E-state index in [9.17, 15) is 13.8 Å². The zero-order chi connectivity index (χ0) is 18.0. The number of nitrogens with one attached hydrogen (secondary N) is 2. The fourth-order valence-electron chi connectivity index (χ4n) is 3.50. The number of halogens is 1. The predicted molar refractivity (Wildman–Crippen MR) is 87.3 cm³/mol. The molecule has 0 aromatic carbocycles. The van der Waals surface area contributed by atoms with Crippen molar-refractivity contribution in [2.45, 2.75) is 37.4 Å². The lowest BCUT2D eigenvalue weighted by Gasteiger charge is -2.29. The maximum absolute atomic E-state index is 12.3. The van der Waals surface area contributed by atoms with Crippen LogP contribution in [0, 0.1) is 5.92 Å². The number of hydroxylamine groups is 3. The molecule has 0 radical (unpaired) electrons. The van der Waals surface area contributed by atoms with E-state index >= 15 is 0 Å². The van der Waals surface area contributed by atoms with E-state index < -0.39 is 29.3 Å². The summed E-state index contributed by atoms with van der Waals surface area (Å²) in [7, 11) is 0. The average molecular weight is 397 g/mol. The molecular formula is C13H21ClN4O6S. The van der Waals surface area contributed by atoms with Crippen LogP contribution in [0.1, 0.15) is 19.3 Å². The highest BCUT2D eigenvalue weighted by Gasteiger charge is 2.48. The first kappa shape index (κ1) is 18.8. The van der Waals surface area contributed by atoms with Crippen LogP contribution in [0.25, 0.3) is 0 Å². The summed E-state index contributed by atoms with van der Waals surface area (Å²) >= 11 is 3.23. The molecule has 3 rings (SSSR count). The van der Waals surface area contributed by atoms with E-state index in [1.54, 1.807) is 0 Å². The molecular weight excluding hydrogens is 376 g/mol. The lowest BCUT2D eigenvalue weighted by molar-refractivity contribution is -0.139. The standard InChI is InChI=1S/C13H21ClN4O6S/c14-4-8-3-9(15-5-8)7-23-16-12(19)11-2-1-10-6-17(11)13(20)18(10)24-25(21)22/h8-11,15H,1-7H2,(H,16,19)(H,21,22)/t8-,9+,10?,11?/m1/s1. The van der Waals surface area contributed by atoms with E-state index in [0.717, 1.165) is 18.0 Å². The minimum absolute atomic E-state index is 0.136. The first-order valence-electron chi connectivity index (χ1n) is 8.09. The van der Waals surface area contributed by atoms with E-state index in [4.69, 9.17) is 21.0 Å². The number of hydrogen-bond donors (Lipinski definition) is 3. The predicted octanol–water partition coefficient (Wildman–Crippen LogP) is -0.412. The van der Waals surface area contributed by atoms with Crippen molar-refractivity contribution in [2.24, 2.45) is 5.92 Å². The van der Waals surface area contributed by atoms with Gasteiger partial charge in [-0.05, 0) is 31.7 Å². The molecule has 10 nitrogen and oxygen atoms in total.